The van der Waals surface area contributed by atoms with E-state index in [0.717, 1.165) is 4.88 Å². The first-order valence-corrected chi connectivity index (χ1v) is 8.72. The van der Waals surface area contributed by atoms with Crippen LogP contribution < -0.4 is 10.0 Å². The highest BCUT2D eigenvalue weighted by Crippen LogP contribution is 2.29. The molecular weight excluding hydrogens is 311 g/mol. The Hall–Kier alpha value is -1.44. The SMILES string of the molecule is CNCc1scc(C)c1S(=O)(=O)Nc1cc(F)ccc1C. The molecule has 1 heterocycles. The lowest BCUT2D eigenvalue weighted by atomic mass is 10.2. The molecule has 1 aromatic carbocycles. The zero-order valence-corrected chi connectivity index (χ0v) is 13.7. The summed E-state index contributed by atoms with van der Waals surface area (Å²) in [6, 6.07) is 4.03. The molecule has 2 aromatic rings. The molecule has 4 nitrogen and oxygen atoms in total. The predicted octanol–water partition coefficient (Wildman–Crippen LogP) is 3.02. The zero-order chi connectivity index (χ0) is 15.6. The molecule has 21 heavy (non-hydrogen) atoms. The minimum absolute atomic E-state index is 0.260. The van der Waals surface area contributed by atoms with E-state index in [-0.39, 0.29) is 10.6 Å². The summed E-state index contributed by atoms with van der Waals surface area (Å²) in [6.45, 7) is 3.95. The van der Waals surface area contributed by atoms with Crippen LogP contribution in [0.4, 0.5) is 10.1 Å². The summed E-state index contributed by atoms with van der Waals surface area (Å²) in [5.74, 6) is -0.476. The van der Waals surface area contributed by atoms with Crippen LogP contribution in [0.1, 0.15) is 16.0 Å². The number of hydrogen-bond donors (Lipinski definition) is 2. The molecular formula is C14H17FN2O2S2. The molecule has 0 fully saturated rings. The lowest BCUT2D eigenvalue weighted by Gasteiger charge is -2.12. The number of nitrogens with one attached hydrogen (secondary N) is 2. The highest BCUT2D eigenvalue weighted by Gasteiger charge is 2.23. The summed E-state index contributed by atoms with van der Waals surface area (Å²) in [6.07, 6.45) is 0. The van der Waals surface area contributed by atoms with Gasteiger partial charge in [0, 0.05) is 11.4 Å². The molecule has 0 amide bonds. The van der Waals surface area contributed by atoms with Gasteiger partial charge in [-0.15, -0.1) is 11.3 Å². The summed E-state index contributed by atoms with van der Waals surface area (Å²) >= 11 is 1.39. The summed E-state index contributed by atoms with van der Waals surface area (Å²) in [4.78, 5) is 1.00. The number of sulfonamides is 1. The maximum Gasteiger partial charge on any atom is 0.263 e. The van der Waals surface area contributed by atoms with Gasteiger partial charge in [0.15, 0.2) is 0 Å². The minimum Gasteiger partial charge on any atom is -0.315 e. The van der Waals surface area contributed by atoms with E-state index >= 15 is 0 Å². The Labute approximate surface area is 128 Å². The van der Waals surface area contributed by atoms with E-state index in [2.05, 4.69) is 10.0 Å². The van der Waals surface area contributed by atoms with Crippen LogP contribution in [0, 0.1) is 19.7 Å². The summed E-state index contributed by atoms with van der Waals surface area (Å²) < 4.78 is 41.0. The molecule has 0 aliphatic rings. The number of thiophene rings is 1. The van der Waals surface area contributed by atoms with Gasteiger partial charge in [0.1, 0.15) is 10.7 Å². The fraction of sp³-hybridized carbons (Fsp3) is 0.286. The van der Waals surface area contributed by atoms with Crippen LogP contribution in [0.5, 0.6) is 0 Å². The Kier molecular flexibility index (Phi) is 4.65. The van der Waals surface area contributed by atoms with E-state index in [1.165, 1.54) is 23.5 Å². The molecule has 0 saturated carbocycles. The van der Waals surface area contributed by atoms with Gasteiger partial charge in [-0.3, -0.25) is 4.72 Å². The average Bonchev–Trinajstić information content (AvgIpc) is 2.76. The third kappa shape index (κ3) is 3.42. The summed E-state index contributed by atoms with van der Waals surface area (Å²) in [5.41, 5.74) is 1.62. The minimum atomic E-state index is -3.74. The van der Waals surface area contributed by atoms with Gasteiger partial charge in [-0.1, -0.05) is 6.07 Å². The quantitative estimate of drug-likeness (QED) is 0.887. The van der Waals surface area contributed by atoms with Crippen LogP contribution in [0.15, 0.2) is 28.5 Å². The van der Waals surface area contributed by atoms with Crippen molar-refractivity contribution in [2.75, 3.05) is 11.8 Å². The molecule has 114 valence electrons. The molecule has 0 radical (unpaired) electrons. The van der Waals surface area contributed by atoms with Gasteiger partial charge >= 0.3 is 0 Å². The second-order valence-corrected chi connectivity index (χ2v) is 7.35. The monoisotopic (exact) mass is 328 g/mol. The Morgan fingerprint density at radius 1 is 1.24 bits per heavy atom. The smallest absolute Gasteiger partial charge is 0.263 e. The Balaban J connectivity index is 2.43. The first-order valence-electron chi connectivity index (χ1n) is 6.35. The van der Waals surface area contributed by atoms with Crippen molar-refractivity contribution in [3.05, 3.63) is 45.4 Å². The number of benzene rings is 1. The Bertz CT molecular complexity index is 754. The van der Waals surface area contributed by atoms with Crippen LogP contribution in [0.25, 0.3) is 0 Å². The molecule has 0 bridgehead atoms. The van der Waals surface area contributed by atoms with E-state index in [0.29, 0.717) is 17.7 Å². The van der Waals surface area contributed by atoms with Crippen molar-refractivity contribution in [3.8, 4) is 0 Å². The first kappa shape index (κ1) is 15.9. The third-order valence-corrected chi connectivity index (χ3v) is 5.87. The molecule has 2 N–H and O–H groups in total. The highest BCUT2D eigenvalue weighted by molar-refractivity contribution is 7.93. The van der Waals surface area contributed by atoms with Gasteiger partial charge in [0.05, 0.1) is 5.69 Å². The van der Waals surface area contributed by atoms with Crippen LogP contribution in [0.3, 0.4) is 0 Å². The first-order chi connectivity index (χ1) is 9.85. The van der Waals surface area contributed by atoms with Gasteiger partial charge in [0.2, 0.25) is 0 Å². The number of halogens is 1. The zero-order valence-electron chi connectivity index (χ0n) is 12.0. The maximum absolute atomic E-state index is 13.3. The summed E-state index contributed by atoms with van der Waals surface area (Å²) in [7, 11) is -1.98. The van der Waals surface area contributed by atoms with E-state index in [9.17, 15) is 12.8 Å². The number of hydrogen-bond acceptors (Lipinski definition) is 4. The molecule has 7 heteroatoms. The molecule has 1 aromatic heterocycles. The van der Waals surface area contributed by atoms with Crippen molar-refractivity contribution in [1.29, 1.82) is 0 Å². The van der Waals surface area contributed by atoms with Gasteiger partial charge in [-0.2, -0.15) is 0 Å². The van der Waals surface area contributed by atoms with Gasteiger partial charge in [-0.25, -0.2) is 12.8 Å². The standard InChI is InChI=1S/C14H17FN2O2S2/c1-9-4-5-11(15)6-12(9)17-21(18,19)14-10(2)8-20-13(14)7-16-3/h4-6,8,16-17H,7H2,1-3H3. The molecule has 2 rings (SSSR count). The number of aryl methyl sites for hydroxylation is 2. The molecule has 0 saturated heterocycles. The van der Waals surface area contributed by atoms with Gasteiger partial charge in [-0.05, 0) is 49.5 Å². The lowest BCUT2D eigenvalue weighted by molar-refractivity contribution is 0.599. The van der Waals surface area contributed by atoms with Crippen molar-refractivity contribution in [1.82, 2.24) is 5.32 Å². The molecule has 0 spiro atoms. The van der Waals surface area contributed by atoms with Crippen molar-refractivity contribution in [2.45, 2.75) is 25.3 Å². The normalized spacial score (nSPS) is 11.6. The van der Waals surface area contributed by atoms with E-state index in [1.54, 1.807) is 32.3 Å². The third-order valence-electron chi connectivity index (χ3n) is 3.04. The predicted molar refractivity (Wildman–Crippen MR) is 83.8 cm³/mol. The van der Waals surface area contributed by atoms with Gasteiger partial charge < -0.3 is 5.32 Å². The van der Waals surface area contributed by atoms with Crippen LogP contribution in [-0.2, 0) is 16.6 Å². The Morgan fingerprint density at radius 3 is 2.62 bits per heavy atom. The van der Waals surface area contributed by atoms with Crippen molar-refractivity contribution < 1.29 is 12.8 Å². The fourth-order valence-electron chi connectivity index (χ4n) is 2.03. The van der Waals surface area contributed by atoms with Crippen LogP contribution in [-0.4, -0.2) is 15.5 Å². The van der Waals surface area contributed by atoms with Crippen molar-refractivity contribution in [3.63, 3.8) is 0 Å². The van der Waals surface area contributed by atoms with Crippen LogP contribution in [0.2, 0.25) is 0 Å². The molecule has 0 unspecified atom stereocenters. The maximum atomic E-state index is 13.3. The van der Waals surface area contributed by atoms with E-state index < -0.39 is 15.8 Å². The van der Waals surface area contributed by atoms with Crippen LogP contribution >= 0.6 is 11.3 Å². The lowest BCUT2D eigenvalue weighted by Crippen LogP contribution is -2.17. The summed E-state index contributed by atoms with van der Waals surface area (Å²) in [5, 5.41) is 4.76. The van der Waals surface area contributed by atoms with E-state index in [4.69, 9.17) is 0 Å². The highest BCUT2D eigenvalue weighted by atomic mass is 32.2. The van der Waals surface area contributed by atoms with E-state index in [1.807, 2.05) is 0 Å². The van der Waals surface area contributed by atoms with Crippen molar-refractivity contribution >= 4 is 27.0 Å². The molecule has 0 atom stereocenters. The van der Waals surface area contributed by atoms with Crippen molar-refractivity contribution in [2.24, 2.45) is 0 Å². The average molecular weight is 328 g/mol. The van der Waals surface area contributed by atoms with Gasteiger partial charge in [0.25, 0.3) is 10.0 Å². The Morgan fingerprint density at radius 2 is 1.95 bits per heavy atom. The number of rotatable bonds is 5. The largest absolute Gasteiger partial charge is 0.315 e. The number of anilines is 1. The second-order valence-electron chi connectivity index (χ2n) is 4.77. The fourth-order valence-corrected chi connectivity index (χ4v) is 4.98. The molecule has 0 aliphatic heterocycles. The topological polar surface area (TPSA) is 58.2 Å². The molecule has 0 aliphatic carbocycles. The second kappa shape index (κ2) is 6.13.